The number of nitriles is 1. The van der Waals surface area contributed by atoms with Gasteiger partial charge >= 0.3 is 0 Å². The van der Waals surface area contributed by atoms with Crippen molar-refractivity contribution in [3.8, 4) is 29.1 Å². The summed E-state index contributed by atoms with van der Waals surface area (Å²) in [6.07, 6.45) is 0. The molecule has 1 amide bonds. The molecule has 146 valence electrons. The molecule has 3 aromatic rings. The van der Waals surface area contributed by atoms with Gasteiger partial charge in [0, 0.05) is 6.07 Å². The predicted molar refractivity (Wildman–Crippen MR) is 110 cm³/mol. The molecule has 6 nitrogen and oxygen atoms in total. The quantitative estimate of drug-likeness (QED) is 0.593. The van der Waals surface area contributed by atoms with Gasteiger partial charge in [0.2, 0.25) is 0 Å². The number of benzene rings is 3. The van der Waals surface area contributed by atoms with Crippen molar-refractivity contribution in [2.45, 2.75) is 0 Å². The van der Waals surface area contributed by atoms with E-state index in [2.05, 4.69) is 5.32 Å². The van der Waals surface area contributed by atoms with Crippen LogP contribution in [0.4, 0.5) is 5.69 Å². The highest BCUT2D eigenvalue weighted by atomic mass is 35.5. The minimum atomic E-state index is -0.406. The number of amides is 1. The molecule has 0 saturated heterocycles. The number of ether oxygens (including phenoxy) is 3. The fourth-order valence-corrected chi connectivity index (χ4v) is 2.79. The minimum absolute atomic E-state index is 0.182. The Morgan fingerprint density at radius 1 is 1.07 bits per heavy atom. The van der Waals surface area contributed by atoms with Gasteiger partial charge in [0.25, 0.3) is 5.91 Å². The number of rotatable bonds is 7. The first-order valence-electron chi connectivity index (χ1n) is 8.63. The number of methoxy groups -OCH3 is 1. The molecule has 0 aliphatic rings. The SMILES string of the molecule is COc1cc(C#N)cc(Cl)c1OCC(=O)Nc1ccccc1Oc1ccccc1. The van der Waals surface area contributed by atoms with Gasteiger partial charge in [-0.15, -0.1) is 0 Å². The summed E-state index contributed by atoms with van der Waals surface area (Å²) in [7, 11) is 1.43. The average Bonchev–Trinajstić information content (AvgIpc) is 2.74. The second-order valence-electron chi connectivity index (χ2n) is 5.85. The van der Waals surface area contributed by atoms with E-state index in [-0.39, 0.29) is 23.1 Å². The predicted octanol–water partition coefficient (Wildman–Crippen LogP) is 5.03. The third kappa shape index (κ3) is 5.18. The van der Waals surface area contributed by atoms with Crippen LogP contribution in [0.1, 0.15) is 5.56 Å². The van der Waals surface area contributed by atoms with Gasteiger partial charge in [-0.2, -0.15) is 5.26 Å². The Balaban J connectivity index is 1.69. The average molecular weight is 409 g/mol. The number of nitrogens with zero attached hydrogens (tertiary/aromatic N) is 1. The van der Waals surface area contributed by atoms with Crippen LogP contribution in [0.2, 0.25) is 5.02 Å². The smallest absolute Gasteiger partial charge is 0.262 e. The van der Waals surface area contributed by atoms with Crippen LogP contribution in [-0.2, 0) is 4.79 Å². The molecule has 3 aromatic carbocycles. The number of para-hydroxylation sites is 3. The van der Waals surface area contributed by atoms with E-state index in [1.54, 1.807) is 18.2 Å². The van der Waals surface area contributed by atoms with Crippen LogP contribution >= 0.6 is 11.6 Å². The van der Waals surface area contributed by atoms with Crippen LogP contribution in [-0.4, -0.2) is 19.6 Å². The van der Waals surface area contributed by atoms with Crippen LogP contribution < -0.4 is 19.5 Å². The van der Waals surface area contributed by atoms with Crippen molar-refractivity contribution in [1.29, 1.82) is 5.26 Å². The zero-order valence-electron chi connectivity index (χ0n) is 15.5. The summed E-state index contributed by atoms with van der Waals surface area (Å²) in [6.45, 7) is -0.304. The highest BCUT2D eigenvalue weighted by Gasteiger charge is 2.15. The van der Waals surface area contributed by atoms with Crippen molar-refractivity contribution in [1.82, 2.24) is 0 Å². The summed E-state index contributed by atoms with van der Waals surface area (Å²) in [5, 5.41) is 11.9. The molecule has 0 aliphatic carbocycles. The number of halogens is 1. The number of nitrogens with one attached hydrogen (secondary N) is 1. The van der Waals surface area contributed by atoms with Gasteiger partial charge in [-0.3, -0.25) is 4.79 Å². The summed E-state index contributed by atoms with van der Waals surface area (Å²) in [6, 6.07) is 21.2. The highest BCUT2D eigenvalue weighted by Crippen LogP contribution is 2.36. The molecule has 0 atom stereocenters. The van der Waals surface area contributed by atoms with Gasteiger partial charge in [-0.25, -0.2) is 0 Å². The molecule has 0 aliphatic heterocycles. The Morgan fingerprint density at radius 2 is 1.79 bits per heavy atom. The fourth-order valence-electron chi connectivity index (χ4n) is 2.52. The van der Waals surface area contributed by atoms with E-state index >= 15 is 0 Å². The summed E-state index contributed by atoms with van der Waals surface area (Å²) in [5.74, 6) is 1.21. The number of carbonyl (C=O) groups is 1. The zero-order valence-corrected chi connectivity index (χ0v) is 16.3. The van der Waals surface area contributed by atoms with Crippen molar-refractivity contribution in [2.75, 3.05) is 19.0 Å². The number of carbonyl (C=O) groups excluding carboxylic acids is 1. The molecule has 0 bridgehead atoms. The third-order valence-corrected chi connectivity index (χ3v) is 4.12. The van der Waals surface area contributed by atoms with E-state index in [9.17, 15) is 4.79 Å². The molecular formula is C22H17ClN2O4. The molecule has 0 heterocycles. The normalized spacial score (nSPS) is 9.97. The zero-order chi connectivity index (χ0) is 20.6. The number of hydrogen-bond donors (Lipinski definition) is 1. The molecule has 0 unspecified atom stereocenters. The summed E-state index contributed by atoms with van der Waals surface area (Å²) in [4.78, 5) is 12.4. The Kier molecular flexibility index (Phi) is 6.56. The maximum absolute atomic E-state index is 12.4. The Hall–Kier alpha value is -3.69. The maximum Gasteiger partial charge on any atom is 0.262 e. The van der Waals surface area contributed by atoms with E-state index < -0.39 is 5.91 Å². The van der Waals surface area contributed by atoms with Crippen LogP contribution in [0.15, 0.2) is 66.7 Å². The lowest BCUT2D eigenvalue weighted by molar-refractivity contribution is -0.118. The van der Waals surface area contributed by atoms with Gasteiger partial charge in [-0.05, 0) is 30.3 Å². The molecule has 7 heteroatoms. The molecule has 29 heavy (non-hydrogen) atoms. The van der Waals surface area contributed by atoms with Crippen molar-refractivity contribution in [2.24, 2.45) is 0 Å². The van der Waals surface area contributed by atoms with Crippen LogP contribution in [0.5, 0.6) is 23.0 Å². The van der Waals surface area contributed by atoms with E-state index in [0.717, 1.165) is 0 Å². The van der Waals surface area contributed by atoms with E-state index in [4.69, 9.17) is 31.1 Å². The molecule has 0 fully saturated rings. The first kappa shape index (κ1) is 20.1. The lowest BCUT2D eigenvalue weighted by Crippen LogP contribution is -2.20. The fraction of sp³-hybridized carbons (Fsp3) is 0.0909. The van der Waals surface area contributed by atoms with E-state index in [1.807, 2.05) is 42.5 Å². The molecule has 0 spiro atoms. The third-order valence-electron chi connectivity index (χ3n) is 3.84. The molecule has 1 N–H and O–H groups in total. The van der Waals surface area contributed by atoms with Crippen LogP contribution in [0.25, 0.3) is 0 Å². The summed E-state index contributed by atoms with van der Waals surface area (Å²) >= 11 is 6.14. The van der Waals surface area contributed by atoms with Crippen molar-refractivity contribution < 1.29 is 19.0 Å². The molecular weight excluding hydrogens is 392 g/mol. The van der Waals surface area contributed by atoms with Crippen LogP contribution in [0.3, 0.4) is 0 Å². The Labute approximate surface area is 173 Å². The lowest BCUT2D eigenvalue weighted by atomic mass is 10.2. The largest absolute Gasteiger partial charge is 0.493 e. The van der Waals surface area contributed by atoms with Gasteiger partial charge in [0.15, 0.2) is 23.9 Å². The summed E-state index contributed by atoms with van der Waals surface area (Å²) in [5.41, 5.74) is 0.832. The molecule has 3 rings (SSSR count). The van der Waals surface area contributed by atoms with Crippen molar-refractivity contribution in [3.05, 3.63) is 77.3 Å². The van der Waals surface area contributed by atoms with Gasteiger partial charge in [-0.1, -0.05) is 41.9 Å². The van der Waals surface area contributed by atoms with Gasteiger partial charge in [0.05, 0.1) is 29.5 Å². The monoisotopic (exact) mass is 408 g/mol. The lowest BCUT2D eigenvalue weighted by Gasteiger charge is -2.14. The Morgan fingerprint density at radius 3 is 2.52 bits per heavy atom. The maximum atomic E-state index is 12.4. The highest BCUT2D eigenvalue weighted by molar-refractivity contribution is 6.32. The van der Waals surface area contributed by atoms with Crippen molar-refractivity contribution >= 4 is 23.2 Å². The van der Waals surface area contributed by atoms with Crippen LogP contribution in [0, 0.1) is 11.3 Å². The molecule has 0 aromatic heterocycles. The van der Waals surface area contributed by atoms with E-state index in [1.165, 1.54) is 19.2 Å². The second-order valence-corrected chi connectivity index (χ2v) is 6.26. The minimum Gasteiger partial charge on any atom is -0.493 e. The first-order chi connectivity index (χ1) is 14.1. The first-order valence-corrected chi connectivity index (χ1v) is 9.00. The van der Waals surface area contributed by atoms with Crippen molar-refractivity contribution in [3.63, 3.8) is 0 Å². The number of anilines is 1. The molecule has 0 radical (unpaired) electrons. The Bertz CT molecular complexity index is 1050. The van der Waals surface area contributed by atoms with E-state index in [0.29, 0.717) is 22.7 Å². The van der Waals surface area contributed by atoms with Gasteiger partial charge < -0.3 is 19.5 Å². The standard InChI is InChI=1S/C22H17ClN2O4/c1-27-20-12-15(13-24)11-17(23)22(20)28-14-21(26)25-18-9-5-6-10-19(18)29-16-7-3-2-4-8-16/h2-12H,14H2,1H3,(H,25,26). The van der Waals surface area contributed by atoms with Gasteiger partial charge in [0.1, 0.15) is 5.75 Å². The second kappa shape index (κ2) is 9.49. The number of hydrogen-bond acceptors (Lipinski definition) is 5. The topological polar surface area (TPSA) is 80.6 Å². The molecule has 0 saturated carbocycles. The summed E-state index contributed by atoms with van der Waals surface area (Å²) < 4.78 is 16.6.